The first kappa shape index (κ1) is 34.3. The van der Waals surface area contributed by atoms with Crippen molar-refractivity contribution in [2.24, 2.45) is 17.4 Å². The summed E-state index contributed by atoms with van der Waals surface area (Å²) in [5.41, 5.74) is 11.2. The van der Waals surface area contributed by atoms with Crippen LogP contribution in [-0.2, 0) is 40.0 Å². The van der Waals surface area contributed by atoms with Crippen molar-refractivity contribution in [3.63, 3.8) is 0 Å². The van der Waals surface area contributed by atoms with E-state index in [2.05, 4.69) is 21.3 Å². The van der Waals surface area contributed by atoms with Gasteiger partial charge < -0.3 is 48.1 Å². The molecule has 11 N–H and O–H groups in total. The van der Waals surface area contributed by atoms with Gasteiger partial charge in [0.2, 0.25) is 29.5 Å². The molecule has 0 fully saturated rings. The van der Waals surface area contributed by atoms with E-state index in [1.807, 2.05) is 0 Å². The van der Waals surface area contributed by atoms with E-state index in [4.69, 9.17) is 16.6 Å². The molecule has 41 heavy (non-hydrogen) atoms. The maximum absolute atomic E-state index is 12.9. The molecule has 0 aliphatic heterocycles. The fourth-order valence-corrected chi connectivity index (χ4v) is 3.49. The summed E-state index contributed by atoms with van der Waals surface area (Å²) in [6, 6.07) is 0.305. The normalized spacial score (nSPS) is 13.7. The number of amides is 5. The molecule has 0 unspecified atom stereocenters. The molecule has 16 nitrogen and oxygen atoms in total. The Balaban J connectivity index is 2.84. The summed E-state index contributed by atoms with van der Waals surface area (Å²) in [5.74, 6) is -7.46. The Kier molecular flexibility index (Phi) is 13.7. The number of rotatable bonds is 17. The van der Waals surface area contributed by atoms with Gasteiger partial charge in [0.25, 0.3) is 0 Å². The van der Waals surface area contributed by atoms with Gasteiger partial charge in [0.1, 0.15) is 23.9 Å². The molecule has 0 saturated heterocycles. The number of hydrogen-bond donors (Lipinski definition) is 9. The molecule has 0 heterocycles. The third-order valence-electron chi connectivity index (χ3n) is 5.72. The highest BCUT2D eigenvalue weighted by molar-refractivity contribution is 5.95. The number of carbonyl (C=O) groups excluding carboxylic acids is 5. The van der Waals surface area contributed by atoms with Gasteiger partial charge in [-0.2, -0.15) is 0 Å². The van der Waals surface area contributed by atoms with E-state index in [0.717, 1.165) is 0 Å². The van der Waals surface area contributed by atoms with Gasteiger partial charge >= 0.3 is 11.9 Å². The Labute approximate surface area is 235 Å². The first-order valence-corrected chi connectivity index (χ1v) is 12.5. The molecular formula is C25H36N6O10. The molecule has 0 saturated carbocycles. The largest absolute Gasteiger partial charge is 0.508 e. The van der Waals surface area contributed by atoms with Crippen molar-refractivity contribution in [3.05, 3.63) is 29.8 Å². The van der Waals surface area contributed by atoms with Crippen LogP contribution in [0.4, 0.5) is 0 Å². The van der Waals surface area contributed by atoms with E-state index < -0.39 is 84.5 Å². The van der Waals surface area contributed by atoms with Crippen LogP contribution < -0.4 is 32.7 Å². The lowest BCUT2D eigenvalue weighted by Gasteiger charge is -2.26. The van der Waals surface area contributed by atoms with Gasteiger partial charge in [0.05, 0.1) is 19.0 Å². The Morgan fingerprint density at radius 1 is 0.854 bits per heavy atom. The third kappa shape index (κ3) is 12.8. The van der Waals surface area contributed by atoms with Crippen LogP contribution in [0.3, 0.4) is 0 Å². The maximum Gasteiger partial charge on any atom is 0.326 e. The van der Waals surface area contributed by atoms with Gasteiger partial charge in [-0.3, -0.25) is 28.8 Å². The van der Waals surface area contributed by atoms with Crippen molar-refractivity contribution in [2.75, 3.05) is 6.54 Å². The van der Waals surface area contributed by atoms with Gasteiger partial charge in [0.15, 0.2) is 0 Å². The number of aliphatic carboxylic acids is 2. The molecular weight excluding hydrogens is 544 g/mol. The zero-order valence-corrected chi connectivity index (χ0v) is 22.6. The molecule has 0 aliphatic carbocycles. The SMILES string of the molecule is CC(C)[C@H](NC(=O)[C@H](CCC(N)=O)NC(=O)[C@@H](N)CC(=O)O)C(=O)NCC(=O)N[C@@H](Cc1ccc(O)cc1)C(=O)O. The van der Waals surface area contributed by atoms with Crippen LogP contribution >= 0.6 is 0 Å². The predicted molar refractivity (Wildman–Crippen MR) is 142 cm³/mol. The van der Waals surface area contributed by atoms with E-state index in [1.165, 1.54) is 24.3 Å². The van der Waals surface area contributed by atoms with Crippen molar-refractivity contribution in [1.82, 2.24) is 21.3 Å². The van der Waals surface area contributed by atoms with Crippen LogP contribution in [0.2, 0.25) is 0 Å². The van der Waals surface area contributed by atoms with Crippen molar-refractivity contribution >= 4 is 41.5 Å². The molecule has 1 aromatic carbocycles. The molecule has 0 bridgehead atoms. The van der Waals surface area contributed by atoms with Crippen LogP contribution in [0.15, 0.2) is 24.3 Å². The first-order chi connectivity index (χ1) is 19.1. The average Bonchev–Trinajstić information content (AvgIpc) is 2.87. The summed E-state index contributed by atoms with van der Waals surface area (Å²) in [5, 5.41) is 36.9. The summed E-state index contributed by atoms with van der Waals surface area (Å²) in [6.45, 7) is 2.55. The quantitative estimate of drug-likeness (QED) is 0.0914. The molecule has 1 rings (SSSR count). The number of carboxylic acid groups (broad SMARTS) is 2. The van der Waals surface area contributed by atoms with Crippen LogP contribution in [0.5, 0.6) is 5.75 Å². The Morgan fingerprint density at radius 2 is 1.46 bits per heavy atom. The van der Waals surface area contributed by atoms with E-state index in [-0.39, 0.29) is 25.0 Å². The minimum Gasteiger partial charge on any atom is -0.508 e. The summed E-state index contributed by atoms with van der Waals surface area (Å²) in [7, 11) is 0. The smallest absolute Gasteiger partial charge is 0.326 e. The minimum atomic E-state index is -1.48. The van der Waals surface area contributed by atoms with Crippen LogP contribution in [-0.4, -0.2) is 87.5 Å². The van der Waals surface area contributed by atoms with Crippen molar-refractivity contribution in [3.8, 4) is 5.75 Å². The molecule has 1 aromatic rings. The lowest BCUT2D eigenvalue weighted by Crippen LogP contribution is -2.58. The van der Waals surface area contributed by atoms with Crippen LogP contribution in [0.25, 0.3) is 0 Å². The van der Waals surface area contributed by atoms with Crippen molar-refractivity contribution < 1.29 is 48.9 Å². The average molecular weight is 581 g/mol. The van der Waals surface area contributed by atoms with E-state index in [0.29, 0.717) is 5.56 Å². The van der Waals surface area contributed by atoms with Gasteiger partial charge in [-0.1, -0.05) is 26.0 Å². The molecule has 4 atom stereocenters. The minimum absolute atomic E-state index is 0.0116. The number of phenols is 1. The van der Waals surface area contributed by atoms with Crippen molar-refractivity contribution in [1.29, 1.82) is 0 Å². The number of nitrogens with two attached hydrogens (primary N) is 2. The number of hydrogen-bond acceptors (Lipinski definition) is 9. The fourth-order valence-electron chi connectivity index (χ4n) is 3.49. The molecule has 0 aliphatic rings. The summed E-state index contributed by atoms with van der Waals surface area (Å²) >= 11 is 0. The van der Waals surface area contributed by atoms with Gasteiger partial charge in [-0.25, -0.2) is 4.79 Å². The molecule has 16 heteroatoms. The second kappa shape index (κ2) is 16.4. The number of phenolic OH excluding ortho intramolecular Hbond substituents is 1. The molecule has 0 aromatic heterocycles. The molecule has 0 radical (unpaired) electrons. The van der Waals surface area contributed by atoms with Crippen molar-refractivity contribution in [2.45, 2.75) is 63.7 Å². The van der Waals surface area contributed by atoms with Crippen LogP contribution in [0.1, 0.15) is 38.7 Å². The number of carboxylic acids is 2. The highest BCUT2D eigenvalue weighted by atomic mass is 16.4. The van der Waals surface area contributed by atoms with Gasteiger partial charge in [-0.05, 0) is 30.0 Å². The van der Waals surface area contributed by atoms with E-state index in [1.54, 1.807) is 13.8 Å². The summed E-state index contributed by atoms with van der Waals surface area (Å²) in [4.78, 5) is 84.1. The monoisotopic (exact) mass is 580 g/mol. The fraction of sp³-hybridized carbons (Fsp3) is 0.480. The predicted octanol–water partition coefficient (Wildman–Crippen LogP) is -2.69. The number of primary amides is 1. The molecule has 0 spiro atoms. The first-order valence-electron chi connectivity index (χ1n) is 12.5. The van der Waals surface area contributed by atoms with E-state index in [9.17, 15) is 43.8 Å². The molecule has 226 valence electrons. The van der Waals surface area contributed by atoms with E-state index >= 15 is 0 Å². The third-order valence-corrected chi connectivity index (χ3v) is 5.72. The second-order valence-corrected chi connectivity index (χ2v) is 9.55. The zero-order valence-electron chi connectivity index (χ0n) is 22.6. The standard InChI is InChI=1S/C25H36N6O10/c1-12(2)21(31-23(38)16(7-8-18(27)33)30-22(37)15(26)10-20(35)36)24(39)28-11-19(34)29-17(25(40)41)9-13-3-5-14(32)6-4-13/h3-6,12,15-17,21,32H,7-11,26H2,1-2H3,(H2,27,33)(H,28,39)(H,29,34)(H,30,37)(H,31,38)(H,35,36)(H,40,41)/t15-,16-,17-,21-/m0/s1. The summed E-state index contributed by atoms with van der Waals surface area (Å²) < 4.78 is 0. The Bertz CT molecular complexity index is 1120. The highest BCUT2D eigenvalue weighted by Crippen LogP contribution is 2.11. The maximum atomic E-state index is 12.9. The number of benzene rings is 1. The van der Waals surface area contributed by atoms with Gasteiger partial charge in [0, 0.05) is 12.8 Å². The van der Waals surface area contributed by atoms with Crippen LogP contribution in [0, 0.1) is 5.92 Å². The zero-order chi connectivity index (χ0) is 31.3. The Morgan fingerprint density at radius 3 is 1.98 bits per heavy atom. The number of nitrogens with one attached hydrogen (secondary N) is 4. The Hall–Kier alpha value is -4.73. The highest BCUT2D eigenvalue weighted by Gasteiger charge is 2.31. The molecule has 5 amide bonds. The second-order valence-electron chi connectivity index (χ2n) is 9.55. The number of carbonyl (C=O) groups is 7. The number of aromatic hydroxyl groups is 1. The summed E-state index contributed by atoms with van der Waals surface area (Å²) in [6.07, 6.45) is -1.39. The lowest BCUT2D eigenvalue weighted by atomic mass is 10.0. The topological polar surface area (TPSA) is 280 Å². The van der Waals surface area contributed by atoms with Gasteiger partial charge in [-0.15, -0.1) is 0 Å². The lowest BCUT2D eigenvalue weighted by molar-refractivity contribution is -0.142.